The van der Waals surface area contributed by atoms with Crippen LogP contribution in [0.4, 0.5) is 0 Å². The minimum atomic E-state index is 0. The number of hydrogen-bond donors (Lipinski definition) is 2. The van der Waals surface area contributed by atoms with Crippen molar-refractivity contribution in [2.45, 2.75) is 31.8 Å². The number of hydrogen-bond acceptors (Lipinski definition) is 4. The number of nitrogens with one attached hydrogen (secondary N) is 2. The van der Waals surface area contributed by atoms with Crippen LogP contribution < -0.4 is 10.6 Å². The average Bonchev–Trinajstić information content (AvgIpc) is 3.21. The Morgan fingerprint density at radius 1 is 1.26 bits per heavy atom. The average molecular weight is 504 g/mol. The van der Waals surface area contributed by atoms with E-state index in [1.165, 1.54) is 19.3 Å². The van der Waals surface area contributed by atoms with E-state index in [0.29, 0.717) is 11.7 Å². The van der Waals surface area contributed by atoms with Gasteiger partial charge in [0.15, 0.2) is 5.96 Å². The predicted molar refractivity (Wildman–Crippen MR) is 120 cm³/mol. The minimum Gasteiger partial charge on any atom is -0.468 e. The lowest BCUT2D eigenvalue weighted by Gasteiger charge is -2.33. The quantitative estimate of drug-likeness (QED) is 0.271. The van der Waals surface area contributed by atoms with Gasteiger partial charge in [0.1, 0.15) is 10.9 Å². The standard InChI is InChI=1S/C19H26ClN5O.HI/c1-21-19(23-13-15-7-8-18(20)22-12-15)24-14-16(17-6-5-11-26-17)25-9-3-2-4-10-25;/h5-8,11-12,16H,2-4,9-10,13-14H2,1H3,(H2,21,23,24);1H. The monoisotopic (exact) mass is 503 g/mol. The smallest absolute Gasteiger partial charge is 0.191 e. The van der Waals surface area contributed by atoms with Gasteiger partial charge >= 0.3 is 0 Å². The van der Waals surface area contributed by atoms with Crippen LogP contribution in [0.2, 0.25) is 5.15 Å². The van der Waals surface area contributed by atoms with Gasteiger partial charge in [-0.2, -0.15) is 0 Å². The molecule has 2 N–H and O–H groups in total. The minimum absolute atomic E-state index is 0. The molecule has 1 saturated heterocycles. The van der Waals surface area contributed by atoms with Crippen molar-refractivity contribution in [3.8, 4) is 0 Å². The molecule has 0 saturated carbocycles. The van der Waals surface area contributed by atoms with Crippen LogP contribution in [0.15, 0.2) is 46.1 Å². The van der Waals surface area contributed by atoms with Crippen LogP contribution in [0.1, 0.15) is 36.6 Å². The number of aromatic nitrogens is 1. The second-order valence-corrected chi connectivity index (χ2v) is 6.81. The molecule has 1 atom stereocenters. The second kappa shape index (κ2) is 11.5. The van der Waals surface area contributed by atoms with Crippen molar-refractivity contribution in [1.82, 2.24) is 20.5 Å². The zero-order valence-corrected chi connectivity index (χ0v) is 18.6. The van der Waals surface area contributed by atoms with Gasteiger partial charge in [-0.05, 0) is 49.7 Å². The lowest BCUT2D eigenvalue weighted by atomic mass is 10.1. The van der Waals surface area contributed by atoms with Crippen LogP contribution in [0, 0.1) is 0 Å². The Hall–Kier alpha value is -1.32. The molecule has 0 aliphatic carbocycles. The lowest BCUT2D eigenvalue weighted by molar-refractivity contribution is 0.146. The molecule has 0 spiro atoms. The van der Waals surface area contributed by atoms with Gasteiger partial charge in [-0.25, -0.2) is 4.98 Å². The van der Waals surface area contributed by atoms with Crippen LogP contribution in [0.3, 0.4) is 0 Å². The van der Waals surface area contributed by atoms with Crippen LogP contribution in [-0.2, 0) is 6.54 Å². The molecule has 1 fully saturated rings. The Labute approximate surface area is 182 Å². The fourth-order valence-electron chi connectivity index (χ4n) is 3.23. The highest BCUT2D eigenvalue weighted by atomic mass is 127. The number of halogens is 2. The summed E-state index contributed by atoms with van der Waals surface area (Å²) in [5.41, 5.74) is 1.05. The Kier molecular flexibility index (Phi) is 9.36. The molecule has 3 rings (SSSR count). The number of rotatable bonds is 6. The van der Waals surface area contributed by atoms with Crippen LogP contribution in [0.5, 0.6) is 0 Å². The SMILES string of the molecule is CN=C(NCc1ccc(Cl)nc1)NCC(c1ccco1)N1CCCCC1.I. The van der Waals surface area contributed by atoms with Gasteiger partial charge in [-0.15, -0.1) is 24.0 Å². The molecule has 148 valence electrons. The summed E-state index contributed by atoms with van der Waals surface area (Å²) in [7, 11) is 1.78. The molecular weight excluding hydrogens is 477 g/mol. The summed E-state index contributed by atoms with van der Waals surface area (Å²) in [6, 6.07) is 7.96. The highest BCUT2D eigenvalue weighted by Gasteiger charge is 2.24. The largest absolute Gasteiger partial charge is 0.468 e. The molecule has 0 aromatic carbocycles. The van der Waals surface area contributed by atoms with Gasteiger partial charge in [-0.1, -0.05) is 24.1 Å². The molecule has 1 unspecified atom stereocenters. The summed E-state index contributed by atoms with van der Waals surface area (Å²) in [6.45, 7) is 3.59. The zero-order chi connectivity index (χ0) is 18.2. The van der Waals surface area contributed by atoms with Gasteiger partial charge in [0.25, 0.3) is 0 Å². The molecule has 8 heteroatoms. The van der Waals surface area contributed by atoms with E-state index in [-0.39, 0.29) is 30.0 Å². The van der Waals surface area contributed by atoms with E-state index in [9.17, 15) is 0 Å². The van der Waals surface area contributed by atoms with Gasteiger partial charge in [0.05, 0.1) is 12.3 Å². The van der Waals surface area contributed by atoms with Crippen molar-refractivity contribution in [1.29, 1.82) is 0 Å². The van der Waals surface area contributed by atoms with Crippen molar-refractivity contribution >= 4 is 41.5 Å². The topological polar surface area (TPSA) is 65.7 Å². The molecular formula is C19H27ClIN5O. The maximum absolute atomic E-state index is 5.83. The fourth-order valence-corrected chi connectivity index (χ4v) is 3.34. The van der Waals surface area contributed by atoms with E-state index < -0.39 is 0 Å². The summed E-state index contributed by atoms with van der Waals surface area (Å²) in [6.07, 6.45) is 7.31. The summed E-state index contributed by atoms with van der Waals surface area (Å²) in [4.78, 5) is 10.9. The van der Waals surface area contributed by atoms with Crippen LogP contribution >= 0.6 is 35.6 Å². The maximum Gasteiger partial charge on any atom is 0.191 e. The molecule has 1 aliphatic heterocycles. The van der Waals surface area contributed by atoms with E-state index in [1.54, 1.807) is 25.6 Å². The number of aliphatic imine (C=N–C) groups is 1. The van der Waals surface area contributed by atoms with Crippen molar-refractivity contribution < 1.29 is 4.42 Å². The van der Waals surface area contributed by atoms with Gasteiger partial charge in [-0.3, -0.25) is 9.89 Å². The first-order valence-electron chi connectivity index (χ1n) is 9.08. The number of pyridine rings is 1. The van der Waals surface area contributed by atoms with Gasteiger partial charge < -0.3 is 15.1 Å². The molecule has 0 bridgehead atoms. The summed E-state index contributed by atoms with van der Waals surface area (Å²) >= 11 is 5.83. The third-order valence-corrected chi connectivity index (χ3v) is 4.86. The normalized spacial score (nSPS) is 16.4. The first kappa shape index (κ1) is 22.0. The molecule has 3 heterocycles. The Balaban J connectivity index is 0.00000261. The van der Waals surface area contributed by atoms with Crippen molar-refractivity contribution in [2.75, 3.05) is 26.7 Å². The molecule has 2 aromatic rings. The highest BCUT2D eigenvalue weighted by molar-refractivity contribution is 14.0. The van der Waals surface area contributed by atoms with E-state index in [4.69, 9.17) is 16.0 Å². The summed E-state index contributed by atoms with van der Waals surface area (Å²) in [5.74, 6) is 1.75. The third-order valence-electron chi connectivity index (χ3n) is 4.64. The van der Waals surface area contributed by atoms with Gasteiger partial charge in [0.2, 0.25) is 0 Å². The highest BCUT2D eigenvalue weighted by Crippen LogP contribution is 2.24. The fraction of sp³-hybridized carbons (Fsp3) is 0.474. The second-order valence-electron chi connectivity index (χ2n) is 6.42. The summed E-state index contributed by atoms with van der Waals surface area (Å²) in [5, 5.41) is 7.24. The number of likely N-dealkylation sites (tertiary alicyclic amines) is 1. The number of piperidine rings is 1. The van der Waals surface area contributed by atoms with Crippen molar-refractivity contribution in [2.24, 2.45) is 4.99 Å². The van der Waals surface area contributed by atoms with Crippen molar-refractivity contribution in [3.63, 3.8) is 0 Å². The molecule has 2 aromatic heterocycles. The summed E-state index contributed by atoms with van der Waals surface area (Å²) < 4.78 is 5.69. The van der Waals surface area contributed by atoms with Crippen LogP contribution in [-0.4, -0.2) is 42.5 Å². The first-order chi connectivity index (χ1) is 12.8. The first-order valence-corrected chi connectivity index (χ1v) is 9.46. The Bertz CT molecular complexity index is 687. The Morgan fingerprint density at radius 2 is 2.07 bits per heavy atom. The lowest BCUT2D eigenvalue weighted by Crippen LogP contribution is -2.44. The maximum atomic E-state index is 5.83. The van der Waals surface area contributed by atoms with Crippen molar-refractivity contribution in [3.05, 3.63) is 53.2 Å². The molecule has 0 radical (unpaired) electrons. The van der Waals surface area contributed by atoms with Crippen LogP contribution in [0.25, 0.3) is 0 Å². The third kappa shape index (κ3) is 6.65. The molecule has 27 heavy (non-hydrogen) atoms. The van der Waals surface area contributed by atoms with Gasteiger partial charge in [0, 0.05) is 26.3 Å². The number of furan rings is 1. The van der Waals surface area contributed by atoms with E-state index in [1.807, 2.05) is 12.1 Å². The number of nitrogens with zero attached hydrogens (tertiary/aromatic N) is 3. The van der Waals surface area contributed by atoms with E-state index >= 15 is 0 Å². The van der Waals surface area contributed by atoms with E-state index in [0.717, 1.165) is 36.9 Å². The molecule has 6 nitrogen and oxygen atoms in total. The molecule has 0 amide bonds. The zero-order valence-electron chi connectivity index (χ0n) is 15.5. The Morgan fingerprint density at radius 3 is 2.70 bits per heavy atom. The predicted octanol–water partition coefficient (Wildman–Crippen LogP) is 3.84. The molecule has 1 aliphatic rings. The van der Waals surface area contributed by atoms with E-state index in [2.05, 4.69) is 31.6 Å². The number of guanidine groups is 1.